The van der Waals surface area contributed by atoms with Crippen LogP contribution in [0.2, 0.25) is 0 Å². The second kappa shape index (κ2) is 6.70. The maximum absolute atomic E-state index is 10.3. The molecule has 0 aromatic rings. The van der Waals surface area contributed by atoms with E-state index in [1.54, 1.807) is 0 Å². The lowest BCUT2D eigenvalue weighted by atomic mass is 9.44. The number of hydrogen-bond acceptors (Lipinski definition) is 3. The van der Waals surface area contributed by atoms with Crippen molar-refractivity contribution in [3.63, 3.8) is 0 Å². The Morgan fingerprint density at radius 3 is 2.40 bits per heavy atom. The number of hydrogen-bond donors (Lipinski definition) is 1. The van der Waals surface area contributed by atoms with Gasteiger partial charge < -0.3 is 14.6 Å². The number of fused-ring (bicyclic) bond motifs is 7. The lowest BCUT2D eigenvalue weighted by Gasteiger charge is -2.61. The monoisotopic (exact) mass is 416 g/mol. The molecule has 3 heteroatoms. The highest BCUT2D eigenvalue weighted by molar-refractivity contribution is 5.15. The predicted octanol–water partition coefficient (Wildman–Crippen LogP) is 5.79. The zero-order valence-electron chi connectivity index (χ0n) is 19.7. The number of ether oxygens (including phenoxy) is 2. The van der Waals surface area contributed by atoms with E-state index in [9.17, 15) is 5.11 Å². The Balaban J connectivity index is 1.26. The quantitative estimate of drug-likeness (QED) is 0.543. The SMILES string of the molecule is CC1CC[C@@]2(OC1)O[C@H]1C[C@H]3[C@@H]4CCC5CC(O)CC[C@]5(C)[C@H]4CC[C@]3(C)C1[C@@H]2C. The van der Waals surface area contributed by atoms with Crippen molar-refractivity contribution in [2.24, 2.45) is 52.3 Å². The Kier molecular flexibility index (Phi) is 4.58. The maximum Gasteiger partial charge on any atom is 0.171 e. The zero-order chi connectivity index (χ0) is 20.9. The Labute approximate surface area is 183 Å². The second-order valence-corrected chi connectivity index (χ2v) is 13.1. The van der Waals surface area contributed by atoms with Crippen LogP contribution in [-0.4, -0.2) is 29.7 Å². The lowest BCUT2D eigenvalue weighted by molar-refractivity contribution is -0.273. The summed E-state index contributed by atoms with van der Waals surface area (Å²) in [6.07, 6.45) is 12.9. The molecule has 12 atom stereocenters. The van der Waals surface area contributed by atoms with Crippen LogP contribution in [-0.2, 0) is 9.47 Å². The molecule has 0 radical (unpaired) electrons. The summed E-state index contributed by atoms with van der Waals surface area (Å²) in [6, 6.07) is 0. The highest BCUT2D eigenvalue weighted by Gasteiger charge is 2.69. The molecule has 4 saturated carbocycles. The first-order chi connectivity index (χ1) is 14.3. The van der Waals surface area contributed by atoms with Crippen molar-refractivity contribution in [3.8, 4) is 0 Å². The van der Waals surface area contributed by atoms with Gasteiger partial charge in [-0.3, -0.25) is 0 Å². The molecule has 2 heterocycles. The van der Waals surface area contributed by atoms with Crippen LogP contribution in [0.15, 0.2) is 0 Å². The molecular formula is C27H44O3. The van der Waals surface area contributed by atoms with E-state index in [2.05, 4.69) is 27.7 Å². The Bertz CT molecular complexity index is 684. The van der Waals surface area contributed by atoms with Gasteiger partial charge in [-0.05, 0) is 104 Å². The fourth-order valence-corrected chi connectivity index (χ4v) is 10.3. The third kappa shape index (κ3) is 2.61. The van der Waals surface area contributed by atoms with E-state index in [0.717, 1.165) is 49.5 Å². The molecule has 2 saturated heterocycles. The van der Waals surface area contributed by atoms with Crippen molar-refractivity contribution in [1.29, 1.82) is 0 Å². The van der Waals surface area contributed by atoms with Crippen molar-refractivity contribution in [2.75, 3.05) is 6.61 Å². The van der Waals surface area contributed by atoms with E-state index in [1.165, 1.54) is 44.9 Å². The normalized spacial score (nSPS) is 62.5. The molecule has 170 valence electrons. The van der Waals surface area contributed by atoms with Crippen molar-refractivity contribution in [1.82, 2.24) is 0 Å². The Morgan fingerprint density at radius 1 is 0.833 bits per heavy atom. The molecule has 6 fully saturated rings. The molecule has 4 aliphatic carbocycles. The van der Waals surface area contributed by atoms with Gasteiger partial charge in [0.25, 0.3) is 0 Å². The van der Waals surface area contributed by atoms with Crippen molar-refractivity contribution < 1.29 is 14.6 Å². The first kappa shape index (κ1) is 20.5. The van der Waals surface area contributed by atoms with Crippen LogP contribution in [0.3, 0.4) is 0 Å². The minimum atomic E-state index is -0.282. The molecular weight excluding hydrogens is 372 g/mol. The summed E-state index contributed by atoms with van der Waals surface area (Å²) in [7, 11) is 0. The predicted molar refractivity (Wildman–Crippen MR) is 118 cm³/mol. The second-order valence-electron chi connectivity index (χ2n) is 13.1. The standard InChI is InChI=1S/C27H44O3/c1-16-7-12-27(29-15-16)17(2)24-23(30-27)14-22-20-6-5-18-13-19(28)8-10-25(18,3)21(20)9-11-26(22,24)4/h16-24,28H,5-15H2,1-4H3/t16?,17-,18?,19?,20+,21-,22-,23-,24?,25-,26-,27+/m0/s1. The van der Waals surface area contributed by atoms with Crippen LogP contribution in [0.4, 0.5) is 0 Å². The zero-order valence-corrected chi connectivity index (χ0v) is 19.7. The van der Waals surface area contributed by atoms with Gasteiger partial charge in [0.1, 0.15) is 0 Å². The summed E-state index contributed by atoms with van der Waals surface area (Å²) >= 11 is 0. The highest BCUT2D eigenvalue weighted by Crippen LogP contribution is 2.71. The first-order valence-electron chi connectivity index (χ1n) is 13.3. The van der Waals surface area contributed by atoms with Gasteiger partial charge in [0.15, 0.2) is 5.79 Å². The number of aliphatic hydroxyl groups is 1. The minimum absolute atomic E-state index is 0.0389. The van der Waals surface area contributed by atoms with E-state index in [4.69, 9.17) is 9.47 Å². The molecule has 6 rings (SSSR count). The average molecular weight is 417 g/mol. The fourth-order valence-electron chi connectivity index (χ4n) is 10.3. The first-order valence-corrected chi connectivity index (χ1v) is 13.3. The molecule has 2 aliphatic heterocycles. The van der Waals surface area contributed by atoms with Crippen molar-refractivity contribution in [2.45, 2.75) is 110 Å². The molecule has 0 aromatic heterocycles. The fraction of sp³-hybridized carbons (Fsp3) is 1.00. The Morgan fingerprint density at radius 2 is 1.63 bits per heavy atom. The molecule has 3 nitrogen and oxygen atoms in total. The molecule has 1 N–H and O–H groups in total. The summed E-state index contributed by atoms with van der Waals surface area (Å²) in [5.74, 6) is 4.93. The smallest absolute Gasteiger partial charge is 0.171 e. The lowest BCUT2D eigenvalue weighted by Crippen LogP contribution is -2.55. The molecule has 0 bridgehead atoms. The van der Waals surface area contributed by atoms with E-state index >= 15 is 0 Å². The summed E-state index contributed by atoms with van der Waals surface area (Å²) in [5, 5.41) is 10.3. The van der Waals surface area contributed by atoms with E-state index in [1.807, 2.05) is 0 Å². The van der Waals surface area contributed by atoms with E-state index in [-0.39, 0.29) is 11.9 Å². The van der Waals surface area contributed by atoms with Gasteiger partial charge in [-0.2, -0.15) is 0 Å². The van der Waals surface area contributed by atoms with E-state index in [0.29, 0.717) is 34.7 Å². The number of aliphatic hydroxyl groups excluding tert-OH is 1. The van der Waals surface area contributed by atoms with Gasteiger partial charge in [0.2, 0.25) is 0 Å². The maximum atomic E-state index is 10.3. The average Bonchev–Trinajstić information content (AvgIpc) is 3.16. The van der Waals surface area contributed by atoms with Crippen LogP contribution in [0.25, 0.3) is 0 Å². The molecule has 0 amide bonds. The van der Waals surface area contributed by atoms with E-state index < -0.39 is 0 Å². The topological polar surface area (TPSA) is 38.7 Å². The van der Waals surface area contributed by atoms with Gasteiger partial charge in [-0.25, -0.2) is 0 Å². The molecule has 30 heavy (non-hydrogen) atoms. The van der Waals surface area contributed by atoms with Crippen LogP contribution >= 0.6 is 0 Å². The summed E-state index contributed by atoms with van der Waals surface area (Å²) in [6.45, 7) is 10.9. The molecule has 1 spiro atoms. The van der Waals surface area contributed by atoms with Crippen molar-refractivity contribution >= 4 is 0 Å². The molecule has 4 unspecified atom stereocenters. The van der Waals surface area contributed by atoms with Gasteiger partial charge >= 0.3 is 0 Å². The van der Waals surface area contributed by atoms with Crippen LogP contribution in [0.1, 0.15) is 91.9 Å². The summed E-state index contributed by atoms with van der Waals surface area (Å²) in [5.41, 5.74) is 0.899. The third-order valence-corrected chi connectivity index (χ3v) is 11.9. The van der Waals surface area contributed by atoms with Gasteiger partial charge in [-0.1, -0.05) is 27.7 Å². The summed E-state index contributed by atoms with van der Waals surface area (Å²) < 4.78 is 13.4. The van der Waals surface area contributed by atoms with Gasteiger partial charge in [0.05, 0.1) is 18.8 Å². The van der Waals surface area contributed by atoms with Crippen LogP contribution < -0.4 is 0 Å². The van der Waals surface area contributed by atoms with Crippen LogP contribution in [0.5, 0.6) is 0 Å². The summed E-state index contributed by atoms with van der Waals surface area (Å²) in [4.78, 5) is 0. The minimum Gasteiger partial charge on any atom is -0.393 e. The van der Waals surface area contributed by atoms with Crippen LogP contribution in [0, 0.1) is 52.3 Å². The number of rotatable bonds is 0. The Hall–Kier alpha value is -0.120. The van der Waals surface area contributed by atoms with Gasteiger partial charge in [0, 0.05) is 12.3 Å². The third-order valence-electron chi connectivity index (χ3n) is 11.9. The molecule has 0 aromatic carbocycles. The van der Waals surface area contributed by atoms with Gasteiger partial charge in [-0.15, -0.1) is 0 Å². The highest BCUT2D eigenvalue weighted by atomic mass is 16.7. The largest absolute Gasteiger partial charge is 0.393 e. The van der Waals surface area contributed by atoms with Crippen molar-refractivity contribution in [3.05, 3.63) is 0 Å². The molecule has 6 aliphatic rings.